The van der Waals surface area contributed by atoms with Crippen LogP contribution in [-0.2, 0) is 6.42 Å². The van der Waals surface area contributed by atoms with Crippen molar-refractivity contribution in [2.24, 2.45) is 0 Å². The van der Waals surface area contributed by atoms with Gasteiger partial charge in [-0.25, -0.2) is 9.37 Å². The number of pyridine rings is 1. The maximum absolute atomic E-state index is 13.7. The summed E-state index contributed by atoms with van der Waals surface area (Å²) in [6, 6.07) is 5.84. The third kappa shape index (κ3) is 5.70. The minimum absolute atomic E-state index is 0.0217. The highest BCUT2D eigenvalue weighted by molar-refractivity contribution is 5.74. The molecule has 0 aliphatic carbocycles. The lowest BCUT2D eigenvalue weighted by atomic mass is 10.0. The first-order chi connectivity index (χ1) is 16.3. The first-order valence-corrected chi connectivity index (χ1v) is 10.7. The Labute approximate surface area is 198 Å². The molecule has 1 atom stereocenters. The first kappa shape index (κ1) is 24.3. The third-order valence-electron chi connectivity index (χ3n) is 4.98. The minimum atomic E-state index is -0.448. The summed E-state index contributed by atoms with van der Waals surface area (Å²) in [7, 11) is 0. The largest absolute Gasteiger partial charge is 0.487 e. The Bertz CT molecular complexity index is 1270. The van der Waals surface area contributed by atoms with Gasteiger partial charge in [-0.15, -0.1) is 6.42 Å². The van der Waals surface area contributed by atoms with E-state index in [0.29, 0.717) is 41.1 Å². The van der Waals surface area contributed by atoms with E-state index < -0.39 is 5.83 Å². The van der Waals surface area contributed by atoms with E-state index in [4.69, 9.17) is 22.0 Å². The molecule has 0 aliphatic heterocycles. The smallest absolute Gasteiger partial charge is 0.166 e. The standard InChI is InChI=1S/C25H26FN7O/c1-5-6-7-19(26)9-8-17(4)34-23-12-18(15-29-25(23)28)24-21(13-20-10-11-30-31-20)32-33(16(2)3)22(24)14-27/h1,6-7,9-12,15-17H,8,13H2,2-4H3,(H2,28,29)(H,30,31)/b7-6-,19-9+. The maximum atomic E-state index is 13.7. The lowest BCUT2D eigenvalue weighted by Gasteiger charge is -2.15. The lowest BCUT2D eigenvalue weighted by Crippen LogP contribution is -2.12. The molecule has 0 saturated heterocycles. The van der Waals surface area contributed by atoms with Crippen LogP contribution in [0.5, 0.6) is 5.75 Å². The Hall–Kier alpha value is -4.37. The highest BCUT2D eigenvalue weighted by Gasteiger charge is 2.23. The van der Waals surface area contributed by atoms with Gasteiger partial charge in [-0.1, -0.05) is 5.92 Å². The molecule has 3 aromatic heterocycles. The molecule has 3 aromatic rings. The first-order valence-electron chi connectivity index (χ1n) is 10.7. The fourth-order valence-electron chi connectivity index (χ4n) is 3.38. The summed E-state index contributed by atoms with van der Waals surface area (Å²) < 4.78 is 21.4. The number of rotatable bonds is 9. The SMILES string of the molecule is C#C/C=C\C(F)=C/CC(C)Oc1cc(-c2c(Cc3ccn[nH]3)nn(C(C)C)c2C#N)cnc1N. The molecule has 0 aromatic carbocycles. The van der Waals surface area contributed by atoms with Gasteiger partial charge in [0.1, 0.15) is 17.6 Å². The normalized spacial score (nSPS) is 12.6. The van der Waals surface area contributed by atoms with E-state index in [1.165, 1.54) is 18.2 Å². The summed E-state index contributed by atoms with van der Waals surface area (Å²) in [5.74, 6) is 2.32. The van der Waals surface area contributed by atoms with E-state index in [1.54, 1.807) is 30.1 Å². The average Bonchev–Trinajstić information content (AvgIpc) is 3.45. The average molecular weight is 460 g/mol. The minimum Gasteiger partial charge on any atom is -0.487 e. The van der Waals surface area contributed by atoms with E-state index in [-0.39, 0.29) is 18.0 Å². The number of aromatic nitrogens is 5. The summed E-state index contributed by atoms with van der Waals surface area (Å²) in [6.07, 6.45) is 12.6. The Kier molecular flexibility index (Phi) is 7.83. The van der Waals surface area contributed by atoms with E-state index in [1.807, 2.05) is 19.9 Å². The molecule has 0 aliphatic rings. The summed E-state index contributed by atoms with van der Waals surface area (Å²) in [5.41, 5.74) is 9.33. The fourth-order valence-corrected chi connectivity index (χ4v) is 3.38. The molecule has 0 radical (unpaired) electrons. The Morgan fingerprint density at radius 3 is 2.85 bits per heavy atom. The second-order valence-corrected chi connectivity index (χ2v) is 7.94. The van der Waals surface area contributed by atoms with Crippen molar-refractivity contribution in [2.45, 2.75) is 45.8 Å². The number of hydrogen-bond donors (Lipinski definition) is 2. The molecule has 0 bridgehead atoms. The van der Waals surface area contributed by atoms with Crippen LogP contribution in [0.2, 0.25) is 0 Å². The molecular weight excluding hydrogens is 433 g/mol. The van der Waals surface area contributed by atoms with Crippen LogP contribution in [0, 0.1) is 23.7 Å². The molecule has 0 saturated carbocycles. The van der Waals surface area contributed by atoms with Gasteiger partial charge < -0.3 is 10.5 Å². The van der Waals surface area contributed by atoms with E-state index in [9.17, 15) is 9.65 Å². The molecule has 0 amide bonds. The van der Waals surface area contributed by atoms with Crippen molar-refractivity contribution in [2.75, 3.05) is 5.73 Å². The second kappa shape index (κ2) is 11.0. The summed E-state index contributed by atoms with van der Waals surface area (Å²) in [6.45, 7) is 5.71. The maximum Gasteiger partial charge on any atom is 0.166 e. The van der Waals surface area contributed by atoms with Crippen LogP contribution < -0.4 is 10.5 Å². The van der Waals surface area contributed by atoms with Gasteiger partial charge in [-0.2, -0.15) is 15.5 Å². The summed E-state index contributed by atoms with van der Waals surface area (Å²) >= 11 is 0. The highest BCUT2D eigenvalue weighted by atomic mass is 19.1. The van der Waals surface area contributed by atoms with Gasteiger partial charge >= 0.3 is 0 Å². The predicted octanol–water partition coefficient (Wildman–Crippen LogP) is 4.49. The number of nitrogen functional groups attached to an aromatic ring is 1. The molecular formula is C25H26FN7O. The highest BCUT2D eigenvalue weighted by Crippen LogP contribution is 2.34. The molecule has 8 nitrogen and oxygen atoms in total. The van der Waals surface area contributed by atoms with Crippen LogP contribution in [0.15, 0.2) is 48.6 Å². The van der Waals surface area contributed by atoms with Crippen molar-refractivity contribution in [1.29, 1.82) is 5.26 Å². The molecule has 3 heterocycles. The number of aromatic amines is 1. The summed E-state index contributed by atoms with van der Waals surface area (Å²) in [4.78, 5) is 4.28. The molecule has 174 valence electrons. The van der Waals surface area contributed by atoms with E-state index >= 15 is 0 Å². The van der Waals surface area contributed by atoms with Gasteiger partial charge in [0.25, 0.3) is 0 Å². The van der Waals surface area contributed by atoms with Gasteiger partial charge in [-0.3, -0.25) is 9.78 Å². The number of hydrogen-bond acceptors (Lipinski definition) is 6. The number of anilines is 1. The van der Waals surface area contributed by atoms with Crippen LogP contribution in [0.4, 0.5) is 10.2 Å². The number of allylic oxidation sites excluding steroid dienone is 3. The molecule has 9 heteroatoms. The number of nitrogens with zero attached hydrogens (tertiary/aromatic N) is 5. The van der Waals surface area contributed by atoms with Crippen molar-refractivity contribution in [3.63, 3.8) is 0 Å². The van der Waals surface area contributed by atoms with Crippen molar-refractivity contribution in [3.05, 3.63) is 65.7 Å². The van der Waals surface area contributed by atoms with Crippen molar-refractivity contribution in [3.8, 4) is 35.3 Å². The molecule has 0 fully saturated rings. The summed E-state index contributed by atoms with van der Waals surface area (Å²) in [5, 5.41) is 21.5. The fraction of sp³-hybridized carbons (Fsp3) is 0.280. The lowest BCUT2D eigenvalue weighted by molar-refractivity contribution is 0.225. The monoisotopic (exact) mass is 459 g/mol. The van der Waals surface area contributed by atoms with Crippen LogP contribution in [0.3, 0.4) is 0 Å². The predicted molar refractivity (Wildman–Crippen MR) is 128 cm³/mol. The molecule has 1 unspecified atom stereocenters. The number of nitriles is 1. The van der Waals surface area contributed by atoms with Crippen molar-refractivity contribution >= 4 is 5.82 Å². The van der Waals surface area contributed by atoms with Crippen LogP contribution in [-0.4, -0.2) is 31.1 Å². The zero-order valence-electron chi connectivity index (χ0n) is 19.3. The number of H-pyrrole nitrogens is 1. The van der Waals surface area contributed by atoms with Gasteiger partial charge in [0.2, 0.25) is 0 Å². The Morgan fingerprint density at radius 2 is 2.21 bits per heavy atom. The second-order valence-electron chi connectivity index (χ2n) is 7.94. The molecule has 3 N–H and O–H groups in total. The quantitative estimate of drug-likeness (QED) is 0.359. The Balaban J connectivity index is 1.96. The third-order valence-corrected chi connectivity index (χ3v) is 4.98. The number of terminal acetylenes is 1. The van der Waals surface area contributed by atoms with Gasteiger partial charge in [0.05, 0.1) is 11.8 Å². The number of halogens is 1. The topological polar surface area (TPSA) is 118 Å². The molecule has 0 spiro atoms. The van der Waals surface area contributed by atoms with Gasteiger partial charge in [-0.05, 0) is 51.1 Å². The van der Waals surface area contributed by atoms with Crippen molar-refractivity contribution < 1.29 is 9.13 Å². The van der Waals surface area contributed by atoms with E-state index in [0.717, 1.165) is 5.69 Å². The Morgan fingerprint density at radius 1 is 1.41 bits per heavy atom. The number of ether oxygens (including phenoxy) is 1. The number of nitrogens with one attached hydrogen (secondary N) is 1. The van der Waals surface area contributed by atoms with Crippen LogP contribution in [0.1, 0.15) is 50.3 Å². The van der Waals surface area contributed by atoms with Gasteiger partial charge in [0, 0.05) is 48.1 Å². The van der Waals surface area contributed by atoms with Crippen LogP contribution in [0.25, 0.3) is 11.1 Å². The van der Waals surface area contributed by atoms with Crippen molar-refractivity contribution in [1.82, 2.24) is 25.0 Å². The molecule has 3 rings (SSSR count). The van der Waals surface area contributed by atoms with Crippen LogP contribution >= 0.6 is 0 Å². The van der Waals surface area contributed by atoms with Gasteiger partial charge in [0.15, 0.2) is 11.6 Å². The van der Waals surface area contributed by atoms with E-state index in [2.05, 4.69) is 27.2 Å². The number of nitrogens with two attached hydrogens (primary N) is 1. The zero-order chi connectivity index (χ0) is 24.7. The molecule has 34 heavy (non-hydrogen) atoms. The zero-order valence-corrected chi connectivity index (χ0v) is 19.3.